The predicted octanol–water partition coefficient (Wildman–Crippen LogP) is 2.75. The van der Waals surface area contributed by atoms with E-state index in [-0.39, 0.29) is 5.57 Å². The molecule has 0 radical (unpaired) electrons. The van der Waals surface area contributed by atoms with Crippen molar-refractivity contribution in [2.45, 2.75) is 13.1 Å². The second kappa shape index (κ2) is 4.09. The van der Waals surface area contributed by atoms with Crippen LogP contribution >= 0.6 is 0 Å². The number of halogens is 3. The molecule has 4 heteroatoms. The maximum atomic E-state index is 12.0. The van der Waals surface area contributed by atoms with Crippen molar-refractivity contribution >= 4 is 6.21 Å². The molecule has 0 saturated heterocycles. The summed E-state index contributed by atoms with van der Waals surface area (Å²) in [5, 5.41) is 0. The third-order valence-electron chi connectivity index (χ3n) is 1.35. The minimum Gasteiger partial charge on any atom is -0.296 e. The zero-order valence-electron chi connectivity index (χ0n) is 6.94. The van der Waals surface area contributed by atoms with Crippen LogP contribution in [0.25, 0.3) is 0 Å². The van der Waals surface area contributed by atoms with Gasteiger partial charge in [0.1, 0.15) is 0 Å². The zero-order valence-corrected chi connectivity index (χ0v) is 6.94. The van der Waals surface area contributed by atoms with Crippen molar-refractivity contribution in [2.24, 2.45) is 4.99 Å². The van der Waals surface area contributed by atoms with E-state index >= 15 is 0 Å². The van der Waals surface area contributed by atoms with Crippen LogP contribution in [0.15, 0.2) is 28.8 Å². The minimum atomic E-state index is -4.30. The fourth-order valence-corrected chi connectivity index (χ4v) is 0.605. The van der Waals surface area contributed by atoms with E-state index in [0.29, 0.717) is 0 Å². The quantitative estimate of drug-likeness (QED) is 0.454. The van der Waals surface area contributed by atoms with E-state index in [1.54, 1.807) is 0 Å². The van der Waals surface area contributed by atoms with Crippen molar-refractivity contribution in [1.29, 1.82) is 0 Å². The van der Waals surface area contributed by atoms with Crippen molar-refractivity contribution in [2.75, 3.05) is 7.05 Å². The average molecular weight is 177 g/mol. The fourth-order valence-electron chi connectivity index (χ4n) is 0.605. The molecule has 0 aliphatic carbocycles. The highest BCUT2D eigenvalue weighted by Gasteiger charge is 2.31. The first-order chi connectivity index (χ1) is 5.43. The standard InChI is InChI=1S/C8H10F3N/c1-4-7(5-12-3)6(2)8(9,10)11/h4-5H,1H2,2-3H3/b7-6+,12-5-. The number of allylic oxidation sites excluding steroid dienone is 3. The third kappa shape index (κ3) is 2.90. The van der Waals surface area contributed by atoms with Gasteiger partial charge in [0.15, 0.2) is 0 Å². The van der Waals surface area contributed by atoms with Gasteiger partial charge in [0.2, 0.25) is 0 Å². The van der Waals surface area contributed by atoms with Crippen LogP contribution in [0.3, 0.4) is 0 Å². The summed E-state index contributed by atoms with van der Waals surface area (Å²) < 4.78 is 36.1. The minimum absolute atomic E-state index is 0.00463. The maximum Gasteiger partial charge on any atom is 0.413 e. The average Bonchev–Trinajstić information content (AvgIpc) is 1.97. The SMILES string of the molecule is C=CC(/C=N\C)=C(/C)C(F)(F)F. The Kier molecular flexibility index (Phi) is 3.73. The predicted molar refractivity (Wildman–Crippen MR) is 43.4 cm³/mol. The van der Waals surface area contributed by atoms with Crippen LogP contribution in [0.5, 0.6) is 0 Å². The third-order valence-corrected chi connectivity index (χ3v) is 1.35. The fraction of sp³-hybridized carbons (Fsp3) is 0.375. The van der Waals surface area contributed by atoms with E-state index in [2.05, 4.69) is 11.6 Å². The lowest BCUT2D eigenvalue weighted by Crippen LogP contribution is -2.11. The van der Waals surface area contributed by atoms with Crippen LogP contribution in [0.2, 0.25) is 0 Å². The van der Waals surface area contributed by atoms with E-state index in [9.17, 15) is 13.2 Å². The first-order valence-electron chi connectivity index (χ1n) is 3.26. The first kappa shape index (κ1) is 10.9. The largest absolute Gasteiger partial charge is 0.413 e. The molecule has 68 valence electrons. The van der Waals surface area contributed by atoms with Gasteiger partial charge < -0.3 is 0 Å². The van der Waals surface area contributed by atoms with Gasteiger partial charge in [-0.3, -0.25) is 4.99 Å². The van der Waals surface area contributed by atoms with Crippen molar-refractivity contribution in [3.63, 3.8) is 0 Å². The van der Waals surface area contributed by atoms with Crippen LogP contribution in [-0.4, -0.2) is 19.4 Å². The van der Waals surface area contributed by atoms with Gasteiger partial charge in [-0.25, -0.2) is 0 Å². The molecule has 0 bridgehead atoms. The molecule has 0 saturated carbocycles. The van der Waals surface area contributed by atoms with Crippen LogP contribution in [-0.2, 0) is 0 Å². The Labute approximate surface area is 69.3 Å². The van der Waals surface area contributed by atoms with E-state index in [1.807, 2.05) is 0 Å². The Hall–Kier alpha value is -1.06. The van der Waals surface area contributed by atoms with Crippen molar-refractivity contribution in [1.82, 2.24) is 0 Å². The van der Waals surface area contributed by atoms with E-state index in [1.165, 1.54) is 7.05 Å². The molecule has 0 aliphatic heterocycles. The number of aliphatic imine (C=N–C) groups is 1. The lowest BCUT2D eigenvalue weighted by molar-refractivity contribution is -0.0916. The molecule has 0 spiro atoms. The highest BCUT2D eigenvalue weighted by atomic mass is 19.4. The van der Waals surface area contributed by atoms with Crippen LogP contribution in [0.4, 0.5) is 13.2 Å². The van der Waals surface area contributed by atoms with Gasteiger partial charge >= 0.3 is 6.18 Å². The molecule has 0 atom stereocenters. The van der Waals surface area contributed by atoms with E-state index < -0.39 is 11.7 Å². The smallest absolute Gasteiger partial charge is 0.296 e. The van der Waals surface area contributed by atoms with Gasteiger partial charge in [-0.1, -0.05) is 12.7 Å². The summed E-state index contributed by atoms with van der Waals surface area (Å²) in [6.07, 6.45) is -2.03. The Bertz CT molecular complexity index is 223. The molecule has 0 aromatic heterocycles. The normalized spacial score (nSPS) is 14.8. The number of nitrogens with zero attached hydrogens (tertiary/aromatic N) is 1. The highest BCUT2D eigenvalue weighted by molar-refractivity contribution is 5.83. The molecule has 0 aromatic carbocycles. The Balaban J connectivity index is 4.98. The molecule has 0 fully saturated rings. The van der Waals surface area contributed by atoms with Crippen LogP contribution in [0.1, 0.15) is 6.92 Å². The second-order valence-electron chi connectivity index (χ2n) is 2.17. The molecular formula is C8H10F3N. The van der Waals surface area contributed by atoms with Crippen LogP contribution in [0, 0.1) is 0 Å². The topological polar surface area (TPSA) is 12.4 Å². The second-order valence-corrected chi connectivity index (χ2v) is 2.17. The van der Waals surface area contributed by atoms with Gasteiger partial charge in [0.25, 0.3) is 0 Å². The first-order valence-corrected chi connectivity index (χ1v) is 3.26. The molecule has 0 aromatic rings. The van der Waals surface area contributed by atoms with Gasteiger partial charge in [-0.2, -0.15) is 13.2 Å². The monoisotopic (exact) mass is 177 g/mol. The summed E-state index contributed by atoms with van der Waals surface area (Å²) in [4.78, 5) is 3.49. The van der Waals surface area contributed by atoms with E-state index in [0.717, 1.165) is 19.2 Å². The summed E-state index contributed by atoms with van der Waals surface area (Å²) in [5.74, 6) is 0. The molecule has 0 N–H and O–H groups in total. The summed E-state index contributed by atoms with van der Waals surface area (Å²) in [6.45, 7) is 4.26. The maximum absolute atomic E-state index is 12.0. The Morgan fingerprint density at radius 3 is 2.17 bits per heavy atom. The summed E-state index contributed by atoms with van der Waals surface area (Å²) in [7, 11) is 1.41. The molecule has 12 heavy (non-hydrogen) atoms. The van der Waals surface area contributed by atoms with Gasteiger partial charge in [0.05, 0.1) is 0 Å². The molecule has 0 unspecified atom stereocenters. The molecule has 1 nitrogen and oxygen atoms in total. The summed E-state index contributed by atoms with van der Waals surface area (Å²) >= 11 is 0. The molecule has 0 aliphatic rings. The van der Waals surface area contributed by atoms with Crippen molar-refractivity contribution < 1.29 is 13.2 Å². The molecular weight excluding hydrogens is 167 g/mol. The van der Waals surface area contributed by atoms with Gasteiger partial charge in [-0.05, 0) is 12.5 Å². The number of alkyl halides is 3. The number of hydrogen-bond acceptors (Lipinski definition) is 1. The van der Waals surface area contributed by atoms with Gasteiger partial charge in [-0.15, -0.1) is 0 Å². The van der Waals surface area contributed by atoms with Crippen molar-refractivity contribution in [3.05, 3.63) is 23.8 Å². The summed E-state index contributed by atoms with van der Waals surface area (Å²) in [5.41, 5.74) is -0.673. The zero-order chi connectivity index (χ0) is 9.78. The molecule has 0 rings (SSSR count). The molecule has 0 heterocycles. The highest BCUT2D eigenvalue weighted by Crippen LogP contribution is 2.27. The van der Waals surface area contributed by atoms with Crippen LogP contribution < -0.4 is 0 Å². The van der Waals surface area contributed by atoms with E-state index in [4.69, 9.17) is 0 Å². The molecule has 0 amide bonds. The number of rotatable bonds is 2. The van der Waals surface area contributed by atoms with Gasteiger partial charge in [0, 0.05) is 18.8 Å². The Morgan fingerprint density at radius 1 is 1.42 bits per heavy atom. The summed E-state index contributed by atoms with van der Waals surface area (Å²) in [6, 6.07) is 0. The van der Waals surface area contributed by atoms with Crippen molar-refractivity contribution in [3.8, 4) is 0 Å². The lowest BCUT2D eigenvalue weighted by Gasteiger charge is -2.08. The number of hydrogen-bond donors (Lipinski definition) is 0. The Morgan fingerprint density at radius 2 is 1.92 bits per heavy atom. The lowest BCUT2D eigenvalue weighted by atomic mass is 10.1.